The molecule has 1 aliphatic heterocycles. The average molecular weight is 238 g/mol. The Morgan fingerprint density at radius 3 is 3.24 bits per heavy atom. The van der Waals surface area contributed by atoms with E-state index in [1.165, 1.54) is 0 Å². The van der Waals surface area contributed by atoms with Gasteiger partial charge in [-0.1, -0.05) is 11.2 Å². The molecule has 6 heteroatoms. The van der Waals surface area contributed by atoms with Gasteiger partial charge < -0.3 is 19.9 Å². The van der Waals surface area contributed by atoms with Crippen LogP contribution in [0.3, 0.4) is 0 Å². The van der Waals surface area contributed by atoms with Gasteiger partial charge in [0.15, 0.2) is 0 Å². The molecule has 1 saturated heterocycles. The maximum atomic E-state index is 5.86. The van der Waals surface area contributed by atoms with Gasteiger partial charge in [0.2, 0.25) is 11.7 Å². The van der Waals surface area contributed by atoms with Crippen LogP contribution in [0.4, 0.5) is 0 Å². The highest BCUT2D eigenvalue weighted by Crippen LogP contribution is 2.20. The van der Waals surface area contributed by atoms with Gasteiger partial charge in [-0.3, -0.25) is 0 Å². The zero-order chi connectivity index (χ0) is 12.3. The summed E-state index contributed by atoms with van der Waals surface area (Å²) in [5, 5.41) is 3.93. The Kier molecular flexibility index (Phi) is 3.88. The van der Waals surface area contributed by atoms with Crippen LogP contribution in [-0.4, -0.2) is 41.8 Å². The van der Waals surface area contributed by atoms with Crippen LogP contribution in [-0.2, 0) is 4.74 Å². The van der Waals surface area contributed by atoms with E-state index in [0.29, 0.717) is 24.7 Å². The molecule has 2 unspecified atom stereocenters. The predicted octanol–water partition coefficient (Wildman–Crippen LogP) is 0.649. The van der Waals surface area contributed by atoms with Crippen molar-refractivity contribution < 1.29 is 9.26 Å². The molecular weight excluding hydrogens is 220 g/mol. The molecule has 6 nitrogen and oxygen atoms in total. The molecule has 0 bridgehead atoms. The molecule has 0 saturated carbocycles. The van der Waals surface area contributed by atoms with E-state index in [9.17, 15) is 0 Å². The number of nitrogens with two attached hydrogens (primary N) is 1. The van der Waals surface area contributed by atoms with Gasteiger partial charge in [-0.2, -0.15) is 4.98 Å². The average Bonchev–Trinajstić information content (AvgIpc) is 2.78. The number of hydrogen-bond donors (Lipinski definition) is 1. The third-order valence-electron chi connectivity index (χ3n) is 2.75. The largest absolute Gasteiger partial charge is 0.367 e. The fourth-order valence-electron chi connectivity index (χ4n) is 1.74. The minimum atomic E-state index is -0.282. The second-order valence-electron chi connectivity index (χ2n) is 4.24. The molecule has 1 aromatic heterocycles. The van der Waals surface area contributed by atoms with E-state index >= 15 is 0 Å². The Morgan fingerprint density at radius 2 is 2.53 bits per heavy atom. The molecule has 94 valence electrons. The Labute approximate surface area is 100 Å². The number of morpholine rings is 1. The number of rotatable bonds is 4. The third kappa shape index (κ3) is 2.91. The summed E-state index contributed by atoms with van der Waals surface area (Å²) in [6.07, 6.45) is 2.23. The van der Waals surface area contributed by atoms with E-state index in [1.54, 1.807) is 6.08 Å². The monoisotopic (exact) mass is 238 g/mol. The van der Waals surface area contributed by atoms with E-state index in [0.717, 1.165) is 13.1 Å². The molecule has 2 heterocycles. The number of nitrogens with zero attached hydrogens (tertiary/aromatic N) is 3. The van der Waals surface area contributed by atoms with Crippen molar-refractivity contribution in [3.63, 3.8) is 0 Å². The van der Waals surface area contributed by atoms with E-state index in [4.69, 9.17) is 15.0 Å². The second-order valence-corrected chi connectivity index (χ2v) is 4.24. The summed E-state index contributed by atoms with van der Waals surface area (Å²) in [7, 11) is 2.04. The fraction of sp³-hybridized carbons (Fsp3) is 0.636. The van der Waals surface area contributed by atoms with Gasteiger partial charge in [-0.05, 0) is 13.5 Å². The van der Waals surface area contributed by atoms with Gasteiger partial charge in [-0.15, -0.1) is 6.58 Å². The van der Waals surface area contributed by atoms with Gasteiger partial charge in [0, 0.05) is 13.1 Å². The molecule has 1 aliphatic rings. The Morgan fingerprint density at radius 1 is 1.71 bits per heavy atom. The summed E-state index contributed by atoms with van der Waals surface area (Å²) in [5.74, 6) is 1.02. The highest BCUT2D eigenvalue weighted by molar-refractivity contribution is 4.98. The number of aromatic nitrogens is 2. The van der Waals surface area contributed by atoms with Crippen molar-refractivity contribution in [1.82, 2.24) is 15.0 Å². The Balaban J connectivity index is 2.04. The van der Waals surface area contributed by atoms with Gasteiger partial charge in [-0.25, -0.2) is 0 Å². The van der Waals surface area contributed by atoms with Crippen molar-refractivity contribution >= 4 is 0 Å². The van der Waals surface area contributed by atoms with Crippen LogP contribution in [0.5, 0.6) is 0 Å². The molecular formula is C11H18N4O2. The lowest BCUT2D eigenvalue weighted by Gasteiger charge is -2.27. The fourth-order valence-corrected chi connectivity index (χ4v) is 1.74. The molecule has 0 aromatic carbocycles. The summed E-state index contributed by atoms with van der Waals surface area (Å²) in [4.78, 5) is 6.46. The molecule has 17 heavy (non-hydrogen) atoms. The Bertz CT molecular complexity index is 379. The summed E-state index contributed by atoms with van der Waals surface area (Å²) in [6, 6.07) is -0.282. The second kappa shape index (κ2) is 5.39. The molecule has 0 amide bonds. The lowest BCUT2D eigenvalue weighted by atomic mass is 10.2. The van der Waals surface area contributed by atoms with Crippen LogP contribution < -0.4 is 5.73 Å². The van der Waals surface area contributed by atoms with Gasteiger partial charge in [0.25, 0.3) is 0 Å². The molecule has 2 atom stereocenters. The number of hydrogen-bond acceptors (Lipinski definition) is 6. The van der Waals surface area contributed by atoms with Crippen molar-refractivity contribution in [3.05, 3.63) is 24.4 Å². The van der Waals surface area contributed by atoms with Crippen LogP contribution in [0.15, 0.2) is 17.2 Å². The van der Waals surface area contributed by atoms with Crippen molar-refractivity contribution in [2.75, 3.05) is 26.7 Å². The quantitative estimate of drug-likeness (QED) is 0.776. The lowest BCUT2D eigenvalue weighted by Crippen LogP contribution is -2.35. The number of ether oxygens (including phenoxy) is 1. The van der Waals surface area contributed by atoms with Crippen LogP contribution >= 0.6 is 0 Å². The van der Waals surface area contributed by atoms with E-state index < -0.39 is 0 Å². The van der Waals surface area contributed by atoms with Crippen LogP contribution in [0, 0.1) is 0 Å². The first kappa shape index (κ1) is 12.2. The predicted molar refractivity (Wildman–Crippen MR) is 62.2 cm³/mol. The standard InChI is InChI=1S/C11H18N4O2/c1-3-4-8(12)11-13-10(14-17-11)9-7-15(2)5-6-16-9/h3,8-9H,1,4-7,12H2,2H3. The first-order chi connectivity index (χ1) is 8.20. The molecule has 2 rings (SSSR count). The Hall–Kier alpha value is -1.24. The molecule has 0 spiro atoms. The van der Waals surface area contributed by atoms with E-state index in [-0.39, 0.29) is 12.1 Å². The van der Waals surface area contributed by atoms with Crippen molar-refractivity contribution in [2.24, 2.45) is 5.73 Å². The summed E-state index contributed by atoms with van der Waals surface area (Å²) < 4.78 is 10.7. The van der Waals surface area contributed by atoms with Crippen molar-refractivity contribution in [2.45, 2.75) is 18.6 Å². The molecule has 0 aliphatic carbocycles. The molecule has 1 aromatic rings. The summed E-state index contributed by atoms with van der Waals surface area (Å²) >= 11 is 0. The minimum Gasteiger partial charge on any atom is -0.367 e. The summed E-state index contributed by atoms with van der Waals surface area (Å²) in [5.41, 5.74) is 5.86. The van der Waals surface area contributed by atoms with Gasteiger partial charge in [0.05, 0.1) is 12.6 Å². The van der Waals surface area contributed by atoms with Crippen LogP contribution in [0.2, 0.25) is 0 Å². The highest BCUT2D eigenvalue weighted by atomic mass is 16.5. The van der Waals surface area contributed by atoms with Crippen LogP contribution in [0.25, 0.3) is 0 Å². The maximum Gasteiger partial charge on any atom is 0.243 e. The molecule has 1 fully saturated rings. The maximum absolute atomic E-state index is 5.86. The number of likely N-dealkylation sites (N-methyl/N-ethyl adjacent to an activating group) is 1. The van der Waals surface area contributed by atoms with Crippen molar-refractivity contribution in [3.8, 4) is 0 Å². The lowest BCUT2D eigenvalue weighted by molar-refractivity contribution is -0.0264. The SMILES string of the molecule is C=CCC(N)c1nc(C2CN(C)CCO2)no1. The van der Waals surface area contributed by atoms with E-state index in [1.807, 2.05) is 7.05 Å². The third-order valence-corrected chi connectivity index (χ3v) is 2.75. The minimum absolute atomic E-state index is 0.123. The normalized spacial score (nSPS) is 23.5. The van der Waals surface area contributed by atoms with Gasteiger partial charge >= 0.3 is 0 Å². The van der Waals surface area contributed by atoms with Gasteiger partial charge in [0.1, 0.15) is 6.10 Å². The van der Waals surface area contributed by atoms with E-state index in [2.05, 4.69) is 21.6 Å². The first-order valence-electron chi connectivity index (χ1n) is 5.71. The topological polar surface area (TPSA) is 77.4 Å². The molecule has 2 N–H and O–H groups in total. The van der Waals surface area contributed by atoms with Crippen molar-refractivity contribution in [1.29, 1.82) is 0 Å². The zero-order valence-electron chi connectivity index (χ0n) is 10.0. The summed E-state index contributed by atoms with van der Waals surface area (Å²) in [6.45, 7) is 6.02. The first-order valence-corrected chi connectivity index (χ1v) is 5.71. The zero-order valence-corrected chi connectivity index (χ0v) is 10.0. The van der Waals surface area contributed by atoms with Crippen LogP contribution in [0.1, 0.15) is 30.3 Å². The highest BCUT2D eigenvalue weighted by Gasteiger charge is 2.25. The smallest absolute Gasteiger partial charge is 0.243 e. The molecule has 0 radical (unpaired) electrons.